The lowest BCUT2D eigenvalue weighted by molar-refractivity contribution is 0.0949. The Kier molecular flexibility index (Phi) is 4.62. The Bertz CT molecular complexity index is 1120. The zero-order chi connectivity index (χ0) is 20.8. The van der Waals surface area contributed by atoms with Gasteiger partial charge in [0.05, 0.1) is 25.9 Å². The first kappa shape index (κ1) is 18.9. The fraction of sp³-hybridized carbons (Fsp3) is 0.350. The van der Waals surface area contributed by atoms with Crippen molar-refractivity contribution in [3.8, 4) is 11.5 Å². The quantitative estimate of drug-likeness (QED) is 0.625. The average molecular weight is 432 g/mol. The number of aromatic nitrogens is 3. The van der Waals surface area contributed by atoms with Crippen molar-refractivity contribution in [2.75, 3.05) is 25.2 Å². The molecule has 2 aliphatic rings. The van der Waals surface area contributed by atoms with E-state index in [1.54, 1.807) is 11.6 Å². The molecule has 1 aliphatic carbocycles. The molecule has 30 heavy (non-hydrogen) atoms. The molecule has 10 heteroatoms. The number of rotatable bonds is 5. The van der Waals surface area contributed by atoms with Crippen LogP contribution in [0.25, 0.3) is 5.65 Å². The van der Waals surface area contributed by atoms with Crippen molar-refractivity contribution < 1.29 is 18.7 Å². The summed E-state index contributed by atoms with van der Waals surface area (Å²) in [6, 6.07) is 7.32. The first-order chi connectivity index (χ1) is 14.5. The highest BCUT2D eigenvalue weighted by molar-refractivity contribution is 6.31. The molecule has 0 unspecified atom stereocenters. The number of amides is 1. The smallest absolute Gasteiger partial charge is 0.257 e. The third-order valence-corrected chi connectivity index (χ3v) is 5.51. The molecule has 1 amide bonds. The Hall–Kier alpha value is -3.07. The molecule has 3 aromatic rings. The van der Waals surface area contributed by atoms with Gasteiger partial charge < -0.3 is 19.7 Å². The van der Waals surface area contributed by atoms with Gasteiger partial charge in [-0.1, -0.05) is 23.7 Å². The van der Waals surface area contributed by atoms with Gasteiger partial charge in [-0.15, -0.1) is 0 Å². The lowest BCUT2D eigenvalue weighted by atomic mass is 10.2. The van der Waals surface area contributed by atoms with Crippen molar-refractivity contribution in [3.63, 3.8) is 0 Å². The molecule has 1 saturated carbocycles. The summed E-state index contributed by atoms with van der Waals surface area (Å²) >= 11 is 6.39. The standard InChI is InChI=1S/C20H19ClFN5O3/c1-29-12-4-2-11(3-5-12)10-26-6-7-30-16-17(21)25-18-13(9-23-27(18)20(16)26)19(28)24-15-8-14(15)22/h2-5,9,14-15H,6-8,10H2,1H3,(H,24,28)/t14-,15+/m0/s1. The third-order valence-electron chi connectivity index (χ3n) is 5.25. The number of methoxy groups -OCH3 is 1. The number of hydrogen-bond donors (Lipinski definition) is 1. The Balaban J connectivity index is 1.51. The van der Waals surface area contributed by atoms with E-state index < -0.39 is 18.1 Å². The number of halogens is 2. The Labute approximate surface area is 176 Å². The normalized spacial score (nSPS) is 19.9. The number of nitrogens with zero attached hydrogens (tertiary/aromatic N) is 4. The summed E-state index contributed by atoms with van der Waals surface area (Å²) in [4.78, 5) is 19.0. The number of anilines is 1. The van der Waals surface area contributed by atoms with E-state index in [4.69, 9.17) is 21.1 Å². The number of fused-ring (bicyclic) bond motifs is 3. The number of benzene rings is 1. The van der Waals surface area contributed by atoms with E-state index in [0.29, 0.717) is 43.3 Å². The number of nitrogens with one attached hydrogen (secondary N) is 1. The van der Waals surface area contributed by atoms with E-state index in [1.807, 2.05) is 24.3 Å². The molecular formula is C20H19ClFN5O3. The van der Waals surface area contributed by atoms with Gasteiger partial charge >= 0.3 is 0 Å². The highest BCUT2D eigenvalue weighted by Crippen LogP contribution is 2.38. The molecule has 1 aliphatic heterocycles. The molecule has 8 nitrogen and oxygen atoms in total. The predicted molar refractivity (Wildman–Crippen MR) is 108 cm³/mol. The molecule has 1 fully saturated rings. The van der Waals surface area contributed by atoms with Gasteiger partial charge in [0.25, 0.3) is 5.91 Å². The molecule has 0 bridgehead atoms. The minimum atomic E-state index is -0.992. The Morgan fingerprint density at radius 3 is 2.87 bits per heavy atom. The van der Waals surface area contributed by atoms with Gasteiger partial charge in [-0.2, -0.15) is 9.61 Å². The number of alkyl halides is 1. The summed E-state index contributed by atoms with van der Waals surface area (Å²) in [6.07, 6.45) is 0.760. The highest BCUT2D eigenvalue weighted by Gasteiger charge is 2.39. The molecule has 156 valence electrons. The second kappa shape index (κ2) is 7.32. The van der Waals surface area contributed by atoms with Gasteiger partial charge in [-0.3, -0.25) is 4.79 Å². The SMILES string of the molecule is COc1ccc(CN2CCOc3c(Cl)nc4c(C(=O)N[C@@H]5C[C@@H]5F)cnn4c32)cc1. The zero-order valence-electron chi connectivity index (χ0n) is 16.1. The maximum absolute atomic E-state index is 13.2. The molecule has 0 saturated heterocycles. The van der Waals surface area contributed by atoms with Crippen molar-refractivity contribution in [3.05, 3.63) is 46.7 Å². The van der Waals surface area contributed by atoms with Crippen LogP contribution in [0.5, 0.6) is 11.5 Å². The van der Waals surface area contributed by atoms with Crippen molar-refractivity contribution in [1.82, 2.24) is 19.9 Å². The van der Waals surface area contributed by atoms with Gasteiger partial charge in [0.2, 0.25) is 0 Å². The molecule has 5 rings (SSSR count). The third kappa shape index (κ3) is 3.28. The summed E-state index contributed by atoms with van der Waals surface area (Å²) in [6.45, 7) is 1.65. The second-order valence-electron chi connectivity index (χ2n) is 7.30. The molecule has 3 heterocycles. The van der Waals surface area contributed by atoms with E-state index in [2.05, 4.69) is 20.3 Å². The topological polar surface area (TPSA) is 81.0 Å². The largest absolute Gasteiger partial charge is 0.497 e. The van der Waals surface area contributed by atoms with Crippen molar-refractivity contribution in [2.24, 2.45) is 0 Å². The minimum absolute atomic E-state index is 0.154. The van der Waals surface area contributed by atoms with Crippen molar-refractivity contribution in [1.29, 1.82) is 0 Å². The number of carbonyl (C=O) groups is 1. The lowest BCUT2D eigenvalue weighted by Crippen LogP contribution is -2.34. The number of carbonyl (C=O) groups excluding carboxylic acids is 1. The van der Waals surface area contributed by atoms with Gasteiger partial charge in [0, 0.05) is 13.0 Å². The van der Waals surface area contributed by atoms with Gasteiger partial charge in [0.1, 0.15) is 24.1 Å². The van der Waals surface area contributed by atoms with Crippen LogP contribution in [0.4, 0.5) is 10.2 Å². The zero-order valence-corrected chi connectivity index (χ0v) is 16.9. The first-order valence-corrected chi connectivity index (χ1v) is 9.96. The lowest BCUT2D eigenvalue weighted by Gasteiger charge is -2.31. The van der Waals surface area contributed by atoms with Crippen LogP contribution in [-0.4, -0.2) is 53.0 Å². The second-order valence-corrected chi connectivity index (χ2v) is 7.66. The minimum Gasteiger partial charge on any atom is -0.497 e. The van der Waals surface area contributed by atoms with Gasteiger partial charge in [-0.25, -0.2) is 9.37 Å². The molecule has 1 aromatic carbocycles. The van der Waals surface area contributed by atoms with E-state index in [9.17, 15) is 9.18 Å². The highest BCUT2D eigenvalue weighted by atomic mass is 35.5. The molecule has 2 atom stereocenters. The van der Waals surface area contributed by atoms with E-state index in [-0.39, 0.29) is 10.7 Å². The molecule has 2 aromatic heterocycles. The average Bonchev–Trinajstić information content (AvgIpc) is 3.27. The van der Waals surface area contributed by atoms with Crippen molar-refractivity contribution >= 4 is 29.0 Å². The molecule has 0 radical (unpaired) electrons. The van der Waals surface area contributed by atoms with E-state index in [0.717, 1.165) is 11.3 Å². The molecular weight excluding hydrogens is 413 g/mol. The van der Waals surface area contributed by atoms with Crippen LogP contribution in [-0.2, 0) is 6.54 Å². The van der Waals surface area contributed by atoms with Crippen LogP contribution in [0.3, 0.4) is 0 Å². The summed E-state index contributed by atoms with van der Waals surface area (Å²) < 4.78 is 25.7. The van der Waals surface area contributed by atoms with Crippen LogP contribution < -0.4 is 19.7 Å². The van der Waals surface area contributed by atoms with Gasteiger partial charge in [-0.05, 0) is 17.7 Å². The summed E-state index contributed by atoms with van der Waals surface area (Å²) in [5, 5.41) is 7.17. The van der Waals surface area contributed by atoms with E-state index >= 15 is 0 Å². The summed E-state index contributed by atoms with van der Waals surface area (Å²) in [7, 11) is 1.63. The van der Waals surface area contributed by atoms with Crippen LogP contribution >= 0.6 is 11.6 Å². The number of hydrogen-bond acceptors (Lipinski definition) is 6. The first-order valence-electron chi connectivity index (χ1n) is 9.58. The van der Waals surface area contributed by atoms with Crippen LogP contribution in [0.2, 0.25) is 5.15 Å². The Morgan fingerprint density at radius 1 is 1.40 bits per heavy atom. The molecule has 1 N–H and O–H groups in total. The fourth-order valence-corrected chi connectivity index (χ4v) is 3.75. The van der Waals surface area contributed by atoms with Crippen LogP contribution in [0, 0.1) is 0 Å². The summed E-state index contributed by atoms with van der Waals surface area (Å²) in [5.41, 5.74) is 1.61. The monoisotopic (exact) mass is 431 g/mol. The Morgan fingerprint density at radius 2 is 2.17 bits per heavy atom. The van der Waals surface area contributed by atoms with Crippen LogP contribution in [0.15, 0.2) is 30.5 Å². The predicted octanol–water partition coefficient (Wildman–Crippen LogP) is 2.63. The fourth-order valence-electron chi connectivity index (χ4n) is 3.53. The summed E-state index contributed by atoms with van der Waals surface area (Å²) in [5.74, 6) is 1.41. The maximum atomic E-state index is 13.2. The van der Waals surface area contributed by atoms with Gasteiger partial charge in [0.15, 0.2) is 22.4 Å². The number of ether oxygens (including phenoxy) is 2. The maximum Gasteiger partial charge on any atom is 0.257 e. The van der Waals surface area contributed by atoms with Crippen molar-refractivity contribution in [2.45, 2.75) is 25.2 Å². The van der Waals surface area contributed by atoms with Crippen LogP contribution in [0.1, 0.15) is 22.3 Å². The van der Waals surface area contributed by atoms with E-state index in [1.165, 1.54) is 6.20 Å². The molecule has 0 spiro atoms.